The van der Waals surface area contributed by atoms with Gasteiger partial charge in [0.1, 0.15) is 0 Å². The molecule has 2 N–H and O–H groups in total. The Morgan fingerprint density at radius 3 is 2.94 bits per heavy atom. The second-order valence-electron chi connectivity index (χ2n) is 4.82. The van der Waals surface area contributed by atoms with Crippen molar-refractivity contribution in [3.05, 3.63) is 28.9 Å². The number of aromatic nitrogens is 2. The lowest BCUT2D eigenvalue weighted by Gasteiger charge is -2.46. The molecule has 0 bridgehead atoms. The van der Waals surface area contributed by atoms with Gasteiger partial charge in [0, 0.05) is 30.1 Å². The summed E-state index contributed by atoms with van der Waals surface area (Å²) in [5.74, 6) is 1.18. The largest absolute Gasteiger partial charge is 0.365 e. The first-order chi connectivity index (χ1) is 8.09. The fraction of sp³-hybridized carbons (Fsp3) is 0.500. The van der Waals surface area contributed by atoms with Gasteiger partial charge in [-0.05, 0) is 17.9 Å². The Bertz CT molecular complexity index is 508. The summed E-state index contributed by atoms with van der Waals surface area (Å²) in [6.07, 6.45) is 3.88. The minimum Gasteiger partial charge on any atom is -0.365 e. The number of nitrogens with two attached hydrogens (primary N) is 1. The van der Waals surface area contributed by atoms with E-state index < -0.39 is 0 Å². The summed E-state index contributed by atoms with van der Waals surface area (Å²) in [5.41, 5.74) is 6.60. The zero-order valence-electron chi connectivity index (χ0n) is 9.83. The van der Waals surface area contributed by atoms with Crippen LogP contribution in [0.25, 0.3) is 0 Å². The number of carbonyl (C=O) groups excluding carboxylic acids is 1. The number of rotatable bonds is 2. The number of hydrogen-bond acceptors (Lipinski definition) is 3. The van der Waals surface area contributed by atoms with Crippen LogP contribution in [0.5, 0.6) is 0 Å². The number of carbonyl (C=O) groups is 1. The Morgan fingerprint density at radius 2 is 2.35 bits per heavy atom. The van der Waals surface area contributed by atoms with E-state index in [1.807, 2.05) is 17.9 Å². The zero-order valence-corrected chi connectivity index (χ0v) is 10.6. The molecule has 3 rings (SSSR count). The lowest BCUT2D eigenvalue weighted by Crippen LogP contribution is -2.43. The summed E-state index contributed by atoms with van der Waals surface area (Å²) in [4.78, 5) is 11.9. The van der Waals surface area contributed by atoms with E-state index in [1.54, 1.807) is 11.8 Å². The van der Waals surface area contributed by atoms with Crippen LogP contribution in [0.3, 0.4) is 0 Å². The number of aryl methyl sites for hydroxylation is 1. The van der Waals surface area contributed by atoms with Gasteiger partial charge in [-0.2, -0.15) is 5.10 Å². The molecule has 3 unspecified atom stereocenters. The van der Waals surface area contributed by atoms with Crippen LogP contribution in [0.15, 0.2) is 23.2 Å². The first kappa shape index (κ1) is 10.9. The van der Waals surface area contributed by atoms with E-state index in [0.717, 1.165) is 4.91 Å². The van der Waals surface area contributed by atoms with E-state index in [-0.39, 0.29) is 5.91 Å². The molecule has 0 radical (unpaired) electrons. The minimum absolute atomic E-state index is 0.291. The molecule has 0 aromatic carbocycles. The van der Waals surface area contributed by atoms with Crippen molar-refractivity contribution in [2.24, 2.45) is 24.6 Å². The highest BCUT2D eigenvalue weighted by atomic mass is 32.2. The molecule has 0 spiro atoms. The fourth-order valence-corrected chi connectivity index (χ4v) is 4.46. The van der Waals surface area contributed by atoms with Crippen LogP contribution in [0, 0.1) is 11.8 Å². The molecular weight excluding hydrogens is 234 g/mol. The summed E-state index contributed by atoms with van der Waals surface area (Å²) < 4.78 is 1.93. The molecule has 1 fully saturated rings. The van der Waals surface area contributed by atoms with Crippen LogP contribution in [0.2, 0.25) is 0 Å². The SMILES string of the molecule is CC1C2SC(C(N)=O)=C[C@@H]2C1c1ccnn1C. The number of nitrogens with zero attached hydrogens (tertiary/aromatic N) is 2. The van der Waals surface area contributed by atoms with Gasteiger partial charge in [-0.1, -0.05) is 13.0 Å². The van der Waals surface area contributed by atoms with Gasteiger partial charge in [0.25, 0.3) is 5.91 Å². The van der Waals surface area contributed by atoms with Crippen molar-refractivity contribution in [1.82, 2.24) is 9.78 Å². The molecule has 4 atom stereocenters. The highest BCUT2D eigenvalue weighted by Crippen LogP contribution is 2.59. The van der Waals surface area contributed by atoms with Gasteiger partial charge in [-0.25, -0.2) is 0 Å². The van der Waals surface area contributed by atoms with Gasteiger partial charge in [0.05, 0.1) is 4.91 Å². The van der Waals surface area contributed by atoms with E-state index in [9.17, 15) is 4.79 Å². The Balaban J connectivity index is 1.90. The fourth-order valence-electron chi connectivity index (χ4n) is 3.03. The number of fused-ring (bicyclic) bond motifs is 1. The summed E-state index contributed by atoms with van der Waals surface area (Å²) in [6, 6.07) is 2.07. The van der Waals surface area contributed by atoms with Crippen molar-refractivity contribution >= 4 is 17.7 Å². The summed E-state index contributed by atoms with van der Waals surface area (Å²) >= 11 is 1.64. The van der Waals surface area contributed by atoms with Crippen LogP contribution >= 0.6 is 11.8 Å². The number of allylic oxidation sites excluding steroid dienone is 1. The average Bonchev–Trinajstić information content (AvgIpc) is 2.85. The van der Waals surface area contributed by atoms with E-state index >= 15 is 0 Å². The summed E-state index contributed by atoms with van der Waals surface area (Å²) in [7, 11) is 1.97. The third kappa shape index (κ3) is 1.45. The maximum absolute atomic E-state index is 11.2. The van der Waals surface area contributed by atoms with E-state index in [2.05, 4.69) is 24.2 Å². The van der Waals surface area contributed by atoms with E-state index in [4.69, 9.17) is 5.73 Å². The third-order valence-electron chi connectivity index (χ3n) is 3.93. The van der Waals surface area contributed by atoms with Crippen molar-refractivity contribution in [2.45, 2.75) is 18.1 Å². The molecule has 2 heterocycles. The quantitative estimate of drug-likeness (QED) is 0.858. The predicted octanol–water partition coefficient (Wildman–Crippen LogP) is 1.25. The number of amides is 1. The molecule has 1 amide bonds. The second-order valence-corrected chi connectivity index (χ2v) is 6.04. The van der Waals surface area contributed by atoms with Crippen molar-refractivity contribution in [3.8, 4) is 0 Å². The van der Waals surface area contributed by atoms with Crippen molar-refractivity contribution in [1.29, 1.82) is 0 Å². The molecule has 1 aromatic heterocycles. The third-order valence-corrected chi connectivity index (χ3v) is 5.54. The maximum atomic E-state index is 11.2. The van der Waals surface area contributed by atoms with Crippen LogP contribution in [-0.4, -0.2) is 20.9 Å². The van der Waals surface area contributed by atoms with Crippen molar-refractivity contribution < 1.29 is 4.79 Å². The van der Waals surface area contributed by atoms with Crippen LogP contribution < -0.4 is 5.73 Å². The lowest BCUT2D eigenvalue weighted by atomic mass is 9.63. The molecular formula is C12H15N3OS. The summed E-state index contributed by atoms with van der Waals surface area (Å²) in [5, 5.41) is 4.73. The standard InChI is InChI=1S/C12H15N3OS/c1-6-10(8-3-4-14-15(8)2)7-5-9(12(13)16)17-11(6)7/h3-7,10-11H,1-2H3,(H2,13,16)/t6?,7-,10?,11?/m1/s1. The normalized spacial score (nSPS) is 35.1. The monoisotopic (exact) mass is 249 g/mol. The van der Waals surface area contributed by atoms with Gasteiger partial charge in [0.15, 0.2) is 0 Å². The van der Waals surface area contributed by atoms with Gasteiger partial charge in [0.2, 0.25) is 0 Å². The lowest BCUT2D eigenvalue weighted by molar-refractivity contribution is -0.113. The average molecular weight is 249 g/mol. The Kier molecular flexibility index (Phi) is 2.33. The summed E-state index contributed by atoms with van der Waals surface area (Å²) in [6.45, 7) is 2.24. The van der Waals surface area contributed by atoms with Gasteiger partial charge in [-0.15, -0.1) is 11.8 Å². The molecule has 1 aromatic rings. The number of primary amides is 1. The molecule has 1 aliphatic heterocycles. The van der Waals surface area contributed by atoms with Crippen LogP contribution in [0.1, 0.15) is 18.5 Å². The topological polar surface area (TPSA) is 60.9 Å². The van der Waals surface area contributed by atoms with Gasteiger partial charge in [-0.3, -0.25) is 9.48 Å². The van der Waals surface area contributed by atoms with Crippen LogP contribution in [0.4, 0.5) is 0 Å². The maximum Gasteiger partial charge on any atom is 0.254 e. The Labute approximate surface area is 104 Å². The second kappa shape index (κ2) is 3.63. The van der Waals surface area contributed by atoms with Gasteiger partial charge >= 0.3 is 0 Å². The minimum atomic E-state index is -0.291. The first-order valence-corrected chi connectivity index (χ1v) is 6.63. The van der Waals surface area contributed by atoms with Crippen molar-refractivity contribution in [2.75, 3.05) is 0 Å². The zero-order chi connectivity index (χ0) is 12.2. The predicted molar refractivity (Wildman–Crippen MR) is 67.3 cm³/mol. The molecule has 2 aliphatic rings. The highest BCUT2D eigenvalue weighted by Gasteiger charge is 2.52. The van der Waals surface area contributed by atoms with Crippen LogP contribution in [-0.2, 0) is 11.8 Å². The molecule has 17 heavy (non-hydrogen) atoms. The molecule has 0 saturated heterocycles. The Morgan fingerprint density at radius 1 is 1.59 bits per heavy atom. The molecule has 1 aliphatic carbocycles. The van der Waals surface area contributed by atoms with Crippen molar-refractivity contribution in [3.63, 3.8) is 0 Å². The van der Waals surface area contributed by atoms with E-state index in [0.29, 0.717) is 23.0 Å². The molecule has 90 valence electrons. The first-order valence-electron chi connectivity index (χ1n) is 5.76. The molecule has 1 saturated carbocycles. The Hall–Kier alpha value is -1.23. The van der Waals surface area contributed by atoms with E-state index in [1.165, 1.54) is 5.69 Å². The molecule has 5 heteroatoms. The van der Waals surface area contributed by atoms with Gasteiger partial charge < -0.3 is 5.73 Å². The number of hydrogen-bond donors (Lipinski definition) is 1. The highest BCUT2D eigenvalue weighted by molar-refractivity contribution is 8.04. The smallest absolute Gasteiger partial charge is 0.254 e. The molecule has 4 nitrogen and oxygen atoms in total. The number of thioether (sulfide) groups is 1.